The maximum atomic E-state index is 14.2. The van der Waals surface area contributed by atoms with Crippen molar-refractivity contribution in [1.29, 1.82) is 0 Å². The first kappa shape index (κ1) is 22.1. The van der Waals surface area contributed by atoms with Crippen LogP contribution in [0.1, 0.15) is 35.1 Å². The maximum Gasteiger partial charge on any atom is 0.233 e. The van der Waals surface area contributed by atoms with Gasteiger partial charge < -0.3 is 14.4 Å². The molecule has 0 radical (unpaired) electrons. The number of hydrogen-bond donors (Lipinski definition) is 1. The molecule has 0 saturated carbocycles. The van der Waals surface area contributed by atoms with Crippen LogP contribution in [0.3, 0.4) is 0 Å². The lowest BCUT2D eigenvalue weighted by molar-refractivity contribution is -0.141. The van der Waals surface area contributed by atoms with Gasteiger partial charge in [0.25, 0.3) is 0 Å². The minimum atomic E-state index is -0.519. The SMILES string of the molecule is Cc1cc(C)cc(C2(C(=O)N3CCOC[C@H](Cc4cccc5[nH]ncc45)C3)CCOCC2)c1. The highest BCUT2D eigenvalue weighted by atomic mass is 16.5. The summed E-state index contributed by atoms with van der Waals surface area (Å²) in [6, 6.07) is 12.8. The smallest absolute Gasteiger partial charge is 0.233 e. The van der Waals surface area contributed by atoms with E-state index < -0.39 is 5.41 Å². The molecule has 3 aromatic rings. The third-order valence-corrected chi connectivity index (χ3v) is 7.24. The van der Waals surface area contributed by atoms with Gasteiger partial charge in [-0.1, -0.05) is 41.5 Å². The summed E-state index contributed by atoms with van der Waals surface area (Å²) in [5.74, 6) is 0.473. The Hall–Kier alpha value is -2.70. The third-order valence-electron chi connectivity index (χ3n) is 7.24. The van der Waals surface area contributed by atoms with E-state index >= 15 is 0 Å². The molecule has 3 heterocycles. The van der Waals surface area contributed by atoms with Crippen molar-refractivity contribution in [1.82, 2.24) is 15.1 Å². The number of carbonyl (C=O) groups excluding carboxylic acids is 1. The molecule has 1 aromatic heterocycles. The first-order chi connectivity index (χ1) is 16.0. The van der Waals surface area contributed by atoms with E-state index in [0.717, 1.165) is 35.7 Å². The number of aromatic nitrogens is 2. The second kappa shape index (κ2) is 9.27. The normalized spacial score (nSPS) is 21.2. The Kier molecular flexibility index (Phi) is 6.21. The lowest BCUT2D eigenvalue weighted by Gasteiger charge is -2.40. The molecular weight excluding hydrogens is 414 g/mol. The Balaban J connectivity index is 1.42. The lowest BCUT2D eigenvalue weighted by atomic mass is 9.72. The van der Waals surface area contributed by atoms with Crippen molar-refractivity contribution < 1.29 is 14.3 Å². The van der Waals surface area contributed by atoms with E-state index in [1.165, 1.54) is 16.7 Å². The number of hydrogen-bond acceptors (Lipinski definition) is 4. The van der Waals surface area contributed by atoms with Crippen LogP contribution in [0.4, 0.5) is 0 Å². The van der Waals surface area contributed by atoms with Crippen LogP contribution in [0, 0.1) is 19.8 Å². The van der Waals surface area contributed by atoms with Crippen LogP contribution < -0.4 is 0 Å². The molecule has 0 bridgehead atoms. The molecule has 0 unspecified atom stereocenters. The van der Waals surface area contributed by atoms with Crippen LogP contribution in [0.5, 0.6) is 0 Å². The fraction of sp³-hybridized carbons (Fsp3) is 0.481. The van der Waals surface area contributed by atoms with E-state index in [2.05, 4.69) is 59.3 Å². The second-order valence-electron chi connectivity index (χ2n) is 9.72. The summed E-state index contributed by atoms with van der Waals surface area (Å²) in [6.07, 6.45) is 4.21. The average molecular weight is 448 g/mol. The largest absolute Gasteiger partial charge is 0.381 e. The van der Waals surface area contributed by atoms with Crippen LogP contribution in [0.25, 0.3) is 10.9 Å². The maximum absolute atomic E-state index is 14.2. The Morgan fingerprint density at radius 2 is 1.91 bits per heavy atom. The van der Waals surface area contributed by atoms with Crippen molar-refractivity contribution in [3.63, 3.8) is 0 Å². The molecule has 2 fully saturated rings. The molecule has 2 saturated heterocycles. The molecule has 1 amide bonds. The number of benzene rings is 2. The fourth-order valence-electron chi connectivity index (χ4n) is 5.61. The minimum Gasteiger partial charge on any atom is -0.381 e. The minimum absolute atomic E-state index is 0.229. The zero-order valence-electron chi connectivity index (χ0n) is 19.6. The van der Waals surface area contributed by atoms with Crippen LogP contribution >= 0.6 is 0 Å². The number of aromatic amines is 1. The quantitative estimate of drug-likeness (QED) is 0.658. The van der Waals surface area contributed by atoms with Gasteiger partial charge in [-0.2, -0.15) is 5.10 Å². The molecule has 2 aromatic carbocycles. The first-order valence-corrected chi connectivity index (χ1v) is 12.0. The highest BCUT2D eigenvalue weighted by Crippen LogP contribution is 2.38. The molecule has 5 rings (SSSR count). The number of amides is 1. The van der Waals surface area contributed by atoms with Gasteiger partial charge >= 0.3 is 0 Å². The Morgan fingerprint density at radius 3 is 2.70 bits per heavy atom. The summed E-state index contributed by atoms with van der Waals surface area (Å²) in [5.41, 5.74) is 5.32. The van der Waals surface area contributed by atoms with Gasteiger partial charge in [0, 0.05) is 37.6 Å². The number of H-pyrrole nitrogens is 1. The van der Waals surface area contributed by atoms with Gasteiger partial charge in [-0.3, -0.25) is 9.89 Å². The highest BCUT2D eigenvalue weighted by Gasteiger charge is 2.44. The monoisotopic (exact) mass is 447 g/mol. The molecule has 6 heteroatoms. The standard InChI is InChI=1S/C27H33N3O3/c1-19-12-20(2)14-23(13-19)27(6-9-32-10-7-27)26(31)30-8-11-33-18-21(17-30)15-22-4-3-5-25-24(22)16-28-29-25/h3-5,12-14,16,21H,6-11,15,17-18H2,1-2H3,(H,28,29)/t21-/m1/s1. The second-order valence-corrected chi connectivity index (χ2v) is 9.72. The van der Waals surface area contributed by atoms with Crippen LogP contribution in [-0.2, 0) is 26.1 Å². The van der Waals surface area contributed by atoms with Crippen LogP contribution in [0.2, 0.25) is 0 Å². The summed E-state index contributed by atoms with van der Waals surface area (Å²) < 4.78 is 11.7. The van der Waals surface area contributed by atoms with Gasteiger partial charge in [-0.05, 0) is 50.3 Å². The molecule has 1 atom stereocenters. The molecule has 2 aliphatic heterocycles. The topological polar surface area (TPSA) is 67.5 Å². The van der Waals surface area contributed by atoms with E-state index in [4.69, 9.17) is 9.47 Å². The molecule has 6 nitrogen and oxygen atoms in total. The fourth-order valence-corrected chi connectivity index (χ4v) is 5.61. The zero-order valence-corrected chi connectivity index (χ0v) is 19.6. The predicted molar refractivity (Wildman–Crippen MR) is 128 cm³/mol. The van der Waals surface area contributed by atoms with E-state index in [1.54, 1.807) is 0 Å². The van der Waals surface area contributed by atoms with Crippen molar-refractivity contribution in [3.8, 4) is 0 Å². The predicted octanol–water partition coefficient (Wildman–Crippen LogP) is 3.95. The van der Waals surface area contributed by atoms with E-state index in [-0.39, 0.29) is 11.8 Å². The molecule has 33 heavy (non-hydrogen) atoms. The summed E-state index contributed by atoms with van der Waals surface area (Å²) in [7, 11) is 0. The zero-order chi connectivity index (χ0) is 22.8. The molecule has 0 spiro atoms. The number of aryl methyl sites for hydroxylation is 2. The summed E-state index contributed by atoms with van der Waals surface area (Å²) in [5, 5.41) is 8.41. The van der Waals surface area contributed by atoms with Crippen molar-refractivity contribution in [3.05, 3.63) is 64.8 Å². The van der Waals surface area contributed by atoms with Gasteiger partial charge in [0.15, 0.2) is 0 Å². The van der Waals surface area contributed by atoms with Gasteiger partial charge in [0.05, 0.1) is 30.3 Å². The number of ether oxygens (including phenoxy) is 2. The Labute approximate surface area is 195 Å². The van der Waals surface area contributed by atoms with E-state index in [0.29, 0.717) is 39.5 Å². The van der Waals surface area contributed by atoms with Crippen molar-refractivity contribution >= 4 is 16.8 Å². The number of rotatable bonds is 4. The van der Waals surface area contributed by atoms with Crippen LogP contribution in [-0.4, -0.2) is 60.5 Å². The van der Waals surface area contributed by atoms with Gasteiger partial charge in [0.1, 0.15) is 0 Å². The first-order valence-electron chi connectivity index (χ1n) is 12.0. The van der Waals surface area contributed by atoms with Gasteiger partial charge in [0.2, 0.25) is 5.91 Å². The highest BCUT2D eigenvalue weighted by molar-refractivity contribution is 5.89. The Morgan fingerprint density at radius 1 is 1.12 bits per heavy atom. The molecule has 0 aliphatic carbocycles. The third kappa shape index (κ3) is 4.42. The summed E-state index contributed by atoms with van der Waals surface area (Å²) in [6.45, 7) is 8.05. The number of nitrogens with one attached hydrogen (secondary N) is 1. The van der Waals surface area contributed by atoms with Crippen molar-refractivity contribution in [2.75, 3.05) is 39.5 Å². The molecule has 174 valence electrons. The summed E-state index contributed by atoms with van der Waals surface area (Å²) >= 11 is 0. The Bertz CT molecular complexity index is 1110. The van der Waals surface area contributed by atoms with Gasteiger partial charge in [-0.15, -0.1) is 0 Å². The average Bonchev–Trinajstić information content (AvgIpc) is 3.18. The number of nitrogens with zero attached hydrogens (tertiary/aromatic N) is 2. The number of fused-ring (bicyclic) bond motifs is 1. The van der Waals surface area contributed by atoms with E-state index in [9.17, 15) is 4.79 Å². The molecular formula is C27H33N3O3. The van der Waals surface area contributed by atoms with Gasteiger partial charge in [-0.25, -0.2) is 0 Å². The van der Waals surface area contributed by atoms with Crippen LogP contribution in [0.15, 0.2) is 42.6 Å². The lowest BCUT2D eigenvalue weighted by Crippen LogP contribution is -2.51. The molecule has 1 N–H and O–H groups in total. The number of carbonyl (C=O) groups is 1. The molecule has 2 aliphatic rings. The van der Waals surface area contributed by atoms with Crippen molar-refractivity contribution in [2.24, 2.45) is 5.92 Å². The summed E-state index contributed by atoms with van der Waals surface area (Å²) in [4.78, 5) is 16.3. The van der Waals surface area contributed by atoms with Crippen molar-refractivity contribution in [2.45, 2.75) is 38.5 Å². The van der Waals surface area contributed by atoms with E-state index in [1.807, 2.05) is 12.3 Å².